The molecule has 2 saturated heterocycles. The molecule has 3 atom stereocenters. The van der Waals surface area contributed by atoms with Crippen LogP contribution in [0.3, 0.4) is 0 Å². The Labute approximate surface area is 175 Å². The second kappa shape index (κ2) is 7.64. The van der Waals surface area contributed by atoms with Crippen LogP contribution in [0.15, 0.2) is 60.7 Å². The molecule has 0 radical (unpaired) electrons. The Balaban J connectivity index is 1.62. The first-order valence-corrected chi connectivity index (χ1v) is 12.4. The Kier molecular flexibility index (Phi) is 5.47. The molecule has 0 bridgehead atoms. The molecular formula is C24H32O4Si. The van der Waals surface area contributed by atoms with Crippen molar-refractivity contribution in [1.29, 1.82) is 0 Å². The second-order valence-corrected chi connectivity index (χ2v) is 13.8. The van der Waals surface area contributed by atoms with Crippen LogP contribution in [-0.2, 0) is 18.6 Å². The van der Waals surface area contributed by atoms with Crippen molar-refractivity contribution in [3.63, 3.8) is 0 Å². The Bertz CT molecular complexity index is 760. The number of fused-ring (bicyclic) bond motifs is 1. The standard InChI is InChI=1S/C24H32O4Si/c1-23(2,3)29(19-12-8-6-9-13-19,20-14-10-7-11-15-20)25-17-18-16-21-22(26-18)28-24(4,5)27-21/h6-15,18,21-22H,16-17H2,1-5H3/t18-,21-,22-/m1/s1. The first-order valence-electron chi connectivity index (χ1n) is 10.5. The number of hydrogen-bond acceptors (Lipinski definition) is 4. The minimum atomic E-state index is -2.54. The lowest BCUT2D eigenvalue weighted by atomic mass is 10.2. The summed E-state index contributed by atoms with van der Waals surface area (Å²) in [7, 11) is -2.54. The van der Waals surface area contributed by atoms with Gasteiger partial charge in [-0.1, -0.05) is 81.4 Å². The summed E-state index contributed by atoms with van der Waals surface area (Å²) in [6, 6.07) is 21.4. The summed E-state index contributed by atoms with van der Waals surface area (Å²) in [6.07, 6.45) is 0.463. The van der Waals surface area contributed by atoms with Gasteiger partial charge in [-0.2, -0.15) is 0 Å². The van der Waals surface area contributed by atoms with Crippen LogP contribution in [0.1, 0.15) is 41.0 Å². The van der Waals surface area contributed by atoms with Crippen LogP contribution in [0.25, 0.3) is 0 Å². The molecule has 0 amide bonds. The van der Waals surface area contributed by atoms with Gasteiger partial charge in [0, 0.05) is 6.42 Å². The molecule has 2 aliphatic rings. The van der Waals surface area contributed by atoms with Gasteiger partial charge in [0.25, 0.3) is 8.32 Å². The number of benzene rings is 2. The summed E-state index contributed by atoms with van der Waals surface area (Å²) in [5.74, 6) is -0.570. The highest BCUT2D eigenvalue weighted by atomic mass is 28.4. The Morgan fingerprint density at radius 3 is 1.97 bits per heavy atom. The van der Waals surface area contributed by atoms with Crippen LogP contribution in [0.2, 0.25) is 5.04 Å². The molecule has 4 rings (SSSR count). The van der Waals surface area contributed by atoms with Crippen molar-refractivity contribution in [2.24, 2.45) is 0 Å². The largest absolute Gasteiger partial charge is 0.405 e. The molecule has 0 saturated carbocycles. The van der Waals surface area contributed by atoms with Gasteiger partial charge in [-0.25, -0.2) is 0 Å². The summed E-state index contributed by atoms with van der Waals surface area (Å²) in [5.41, 5.74) is 0. The number of rotatable bonds is 5. The zero-order valence-corrected chi connectivity index (χ0v) is 19.1. The Morgan fingerprint density at radius 2 is 1.48 bits per heavy atom. The predicted molar refractivity (Wildman–Crippen MR) is 117 cm³/mol. The molecule has 0 aliphatic carbocycles. The highest BCUT2D eigenvalue weighted by Gasteiger charge is 2.52. The molecule has 2 aromatic carbocycles. The van der Waals surface area contributed by atoms with Crippen LogP contribution in [0.5, 0.6) is 0 Å². The molecule has 0 aromatic heterocycles. The van der Waals surface area contributed by atoms with Gasteiger partial charge < -0.3 is 18.6 Å². The van der Waals surface area contributed by atoms with E-state index in [0.29, 0.717) is 6.61 Å². The van der Waals surface area contributed by atoms with Gasteiger partial charge in [0.2, 0.25) is 0 Å². The summed E-state index contributed by atoms with van der Waals surface area (Å²) in [5, 5.41) is 2.52. The predicted octanol–water partition coefficient (Wildman–Crippen LogP) is 3.83. The van der Waals surface area contributed by atoms with E-state index in [0.717, 1.165) is 6.42 Å². The van der Waals surface area contributed by atoms with Crippen LogP contribution in [0.4, 0.5) is 0 Å². The summed E-state index contributed by atoms with van der Waals surface area (Å²) < 4.78 is 25.0. The van der Waals surface area contributed by atoms with Crippen LogP contribution in [0, 0.1) is 0 Å². The van der Waals surface area contributed by atoms with E-state index in [9.17, 15) is 0 Å². The monoisotopic (exact) mass is 412 g/mol. The zero-order chi connectivity index (χ0) is 20.7. The minimum Gasteiger partial charge on any atom is -0.405 e. The Hall–Kier alpha value is -1.50. The van der Waals surface area contributed by atoms with E-state index < -0.39 is 14.1 Å². The number of ether oxygens (including phenoxy) is 3. The first-order chi connectivity index (χ1) is 13.7. The molecule has 156 valence electrons. The van der Waals surface area contributed by atoms with Gasteiger partial charge in [-0.05, 0) is 29.3 Å². The third-order valence-electron chi connectivity index (χ3n) is 5.86. The maximum Gasteiger partial charge on any atom is 0.261 e. The van der Waals surface area contributed by atoms with Crippen molar-refractivity contribution in [3.8, 4) is 0 Å². The molecule has 29 heavy (non-hydrogen) atoms. The van der Waals surface area contributed by atoms with Gasteiger partial charge in [0.05, 0.1) is 12.7 Å². The maximum absolute atomic E-state index is 6.97. The van der Waals surface area contributed by atoms with Crippen LogP contribution >= 0.6 is 0 Å². The first kappa shape index (κ1) is 20.8. The molecule has 2 aromatic rings. The van der Waals surface area contributed by atoms with Gasteiger partial charge in [-0.15, -0.1) is 0 Å². The van der Waals surface area contributed by atoms with Gasteiger partial charge in [-0.3, -0.25) is 0 Å². The fourth-order valence-corrected chi connectivity index (χ4v) is 9.26. The maximum atomic E-state index is 6.97. The summed E-state index contributed by atoms with van der Waals surface area (Å²) >= 11 is 0. The van der Waals surface area contributed by atoms with Crippen LogP contribution in [-0.4, -0.2) is 39.2 Å². The van der Waals surface area contributed by atoms with E-state index in [2.05, 4.69) is 81.4 Å². The van der Waals surface area contributed by atoms with Crippen molar-refractivity contribution in [3.05, 3.63) is 60.7 Å². The molecule has 0 N–H and O–H groups in total. The highest BCUT2D eigenvalue weighted by molar-refractivity contribution is 6.99. The molecule has 2 fully saturated rings. The van der Waals surface area contributed by atoms with Crippen molar-refractivity contribution in [1.82, 2.24) is 0 Å². The minimum absolute atomic E-state index is 0.0160. The third-order valence-corrected chi connectivity index (χ3v) is 10.9. The zero-order valence-electron chi connectivity index (χ0n) is 18.1. The highest BCUT2D eigenvalue weighted by Crippen LogP contribution is 2.40. The lowest BCUT2D eigenvalue weighted by Crippen LogP contribution is -2.67. The lowest BCUT2D eigenvalue weighted by molar-refractivity contribution is -0.207. The van der Waals surface area contributed by atoms with Crippen molar-refractivity contribution >= 4 is 18.7 Å². The fourth-order valence-electron chi connectivity index (χ4n) is 4.67. The molecule has 2 aliphatic heterocycles. The Morgan fingerprint density at radius 1 is 0.931 bits per heavy atom. The number of hydrogen-bond donors (Lipinski definition) is 0. The molecule has 2 heterocycles. The molecule has 0 unspecified atom stereocenters. The van der Waals surface area contributed by atoms with Gasteiger partial charge in [0.15, 0.2) is 12.1 Å². The van der Waals surface area contributed by atoms with Crippen molar-refractivity contribution in [2.45, 2.75) is 70.4 Å². The molecule has 4 nitrogen and oxygen atoms in total. The van der Waals surface area contributed by atoms with Crippen molar-refractivity contribution < 1.29 is 18.6 Å². The third kappa shape index (κ3) is 3.94. The normalized spacial score (nSPS) is 26.4. The van der Waals surface area contributed by atoms with E-state index in [4.69, 9.17) is 18.6 Å². The van der Waals surface area contributed by atoms with Crippen LogP contribution < -0.4 is 10.4 Å². The second-order valence-electron chi connectivity index (χ2n) is 9.51. The lowest BCUT2D eigenvalue weighted by Gasteiger charge is -2.43. The smallest absolute Gasteiger partial charge is 0.261 e. The average molecular weight is 413 g/mol. The van der Waals surface area contributed by atoms with E-state index in [-0.39, 0.29) is 23.5 Å². The van der Waals surface area contributed by atoms with E-state index in [1.165, 1.54) is 10.4 Å². The SMILES string of the molecule is CC1(C)O[C@H]2O[C@@H](CO[Si](c3ccccc3)(c3ccccc3)C(C)(C)C)C[C@H]2O1. The molecular weight excluding hydrogens is 380 g/mol. The fraction of sp³-hybridized carbons (Fsp3) is 0.500. The molecule has 0 spiro atoms. The van der Waals surface area contributed by atoms with Gasteiger partial charge >= 0.3 is 0 Å². The average Bonchev–Trinajstić information content (AvgIpc) is 3.16. The summed E-state index contributed by atoms with van der Waals surface area (Å²) in [4.78, 5) is 0. The van der Waals surface area contributed by atoms with Crippen molar-refractivity contribution in [2.75, 3.05) is 6.61 Å². The molecule has 5 heteroatoms. The van der Waals surface area contributed by atoms with E-state index in [1.54, 1.807) is 0 Å². The summed E-state index contributed by atoms with van der Waals surface area (Å²) in [6.45, 7) is 11.3. The van der Waals surface area contributed by atoms with E-state index >= 15 is 0 Å². The van der Waals surface area contributed by atoms with E-state index in [1.807, 2.05) is 13.8 Å². The topological polar surface area (TPSA) is 36.9 Å². The quantitative estimate of drug-likeness (QED) is 0.700. The van der Waals surface area contributed by atoms with Gasteiger partial charge in [0.1, 0.15) is 6.10 Å².